The van der Waals surface area contributed by atoms with Gasteiger partial charge in [-0.15, -0.1) is 0 Å². The van der Waals surface area contributed by atoms with Gasteiger partial charge in [-0.05, 0) is 42.0 Å². The van der Waals surface area contributed by atoms with Crippen LogP contribution < -0.4 is 10.1 Å². The molecule has 0 aliphatic carbocycles. The first-order chi connectivity index (χ1) is 14.3. The second kappa shape index (κ2) is 8.97. The Morgan fingerprint density at radius 1 is 1.23 bits per heavy atom. The number of aromatic carboxylic acids is 1. The highest BCUT2D eigenvalue weighted by atomic mass is 32.2. The predicted molar refractivity (Wildman–Crippen MR) is 117 cm³/mol. The molecule has 0 atom stereocenters. The number of benzene rings is 2. The van der Waals surface area contributed by atoms with Gasteiger partial charge in [0.1, 0.15) is 27.9 Å². The third-order valence-corrected chi connectivity index (χ3v) is 5.48. The molecule has 3 rings (SSSR count). The van der Waals surface area contributed by atoms with Crippen molar-refractivity contribution in [1.29, 1.82) is 0 Å². The molecule has 8 nitrogen and oxygen atoms in total. The number of nitrogens with zero attached hydrogens (tertiary/aromatic N) is 1. The van der Waals surface area contributed by atoms with Crippen molar-refractivity contribution < 1.29 is 29.3 Å². The standard InChI is InChI=1S/C20H16N2O6S2/c1-28-13-5-2-11(3-6-13)8-16-18(25)22(20(29)30-16)10-17(24)21-12-4-7-15(23)14(9-12)19(26)27/h2-9,23H,10H2,1H3,(H,21,24)(H,26,27)/b16-8+. The van der Waals surface area contributed by atoms with Crippen molar-refractivity contribution in [3.8, 4) is 11.5 Å². The number of anilines is 1. The Balaban J connectivity index is 1.69. The lowest BCUT2D eigenvalue weighted by Gasteiger charge is -2.14. The molecule has 1 aliphatic heterocycles. The number of thioether (sulfide) groups is 1. The maximum absolute atomic E-state index is 12.7. The molecule has 30 heavy (non-hydrogen) atoms. The number of thiocarbonyl (C=S) groups is 1. The van der Waals surface area contributed by atoms with Gasteiger partial charge in [0.15, 0.2) is 0 Å². The van der Waals surface area contributed by atoms with E-state index in [1.54, 1.807) is 37.5 Å². The fraction of sp³-hybridized carbons (Fsp3) is 0.100. The number of hydrogen-bond acceptors (Lipinski definition) is 7. The van der Waals surface area contributed by atoms with Gasteiger partial charge in [-0.2, -0.15) is 0 Å². The third kappa shape index (κ3) is 4.78. The molecule has 0 aromatic heterocycles. The van der Waals surface area contributed by atoms with Crippen molar-refractivity contribution in [2.75, 3.05) is 19.0 Å². The van der Waals surface area contributed by atoms with E-state index in [4.69, 9.17) is 22.1 Å². The highest BCUT2D eigenvalue weighted by Crippen LogP contribution is 2.32. The minimum absolute atomic E-state index is 0.175. The zero-order valence-electron chi connectivity index (χ0n) is 15.6. The van der Waals surface area contributed by atoms with Crippen molar-refractivity contribution in [1.82, 2.24) is 4.90 Å². The van der Waals surface area contributed by atoms with E-state index < -0.39 is 23.5 Å². The van der Waals surface area contributed by atoms with E-state index in [-0.39, 0.29) is 22.1 Å². The van der Waals surface area contributed by atoms with E-state index in [0.29, 0.717) is 10.7 Å². The maximum atomic E-state index is 12.7. The molecule has 2 aromatic carbocycles. The molecule has 1 saturated heterocycles. The molecule has 1 aliphatic rings. The monoisotopic (exact) mass is 444 g/mol. The summed E-state index contributed by atoms with van der Waals surface area (Å²) in [6, 6.07) is 10.8. The lowest BCUT2D eigenvalue weighted by atomic mass is 10.2. The van der Waals surface area contributed by atoms with Crippen molar-refractivity contribution in [3.63, 3.8) is 0 Å². The van der Waals surface area contributed by atoms with Crippen molar-refractivity contribution >= 4 is 57.8 Å². The molecule has 10 heteroatoms. The molecule has 0 unspecified atom stereocenters. The van der Waals surface area contributed by atoms with E-state index in [1.807, 2.05) is 0 Å². The smallest absolute Gasteiger partial charge is 0.339 e. The van der Waals surface area contributed by atoms with Crippen LogP contribution in [0.15, 0.2) is 47.4 Å². The highest BCUT2D eigenvalue weighted by molar-refractivity contribution is 8.26. The second-order valence-corrected chi connectivity index (χ2v) is 7.80. The number of nitrogens with one attached hydrogen (secondary N) is 1. The van der Waals surface area contributed by atoms with Crippen LogP contribution in [0.1, 0.15) is 15.9 Å². The van der Waals surface area contributed by atoms with E-state index >= 15 is 0 Å². The quantitative estimate of drug-likeness (QED) is 0.354. The normalized spacial score (nSPS) is 14.8. The summed E-state index contributed by atoms with van der Waals surface area (Å²) in [6.07, 6.45) is 1.68. The second-order valence-electron chi connectivity index (χ2n) is 6.13. The number of ether oxygens (including phenoxy) is 1. The third-order valence-electron chi connectivity index (χ3n) is 4.10. The average molecular weight is 444 g/mol. The van der Waals surface area contributed by atoms with E-state index in [2.05, 4.69) is 5.32 Å². The zero-order valence-corrected chi connectivity index (χ0v) is 17.3. The first-order valence-electron chi connectivity index (χ1n) is 8.54. The number of carboxylic acid groups (broad SMARTS) is 1. The fourth-order valence-electron chi connectivity index (χ4n) is 2.62. The molecule has 154 valence electrons. The summed E-state index contributed by atoms with van der Waals surface area (Å²) in [6.45, 7) is -0.325. The first kappa shape index (κ1) is 21.3. The van der Waals surface area contributed by atoms with Gasteiger partial charge in [0.25, 0.3) is 5.91 Å². The minimum Gasteiger partial charge on any atom is -0.507 e. The van der Waals surface area contributed by atoms with Gasteiger partial charge in [0, 0.05) is 5.69 Å². The van der Waals surface area contributed by atoms with Crippen LogP contribution in [0.3, 0.4) is 0 Å². The van der Waals surface area contributed by atoms with Crippen LogP contribution >= 0.6 is 24.0 Å². The molecular weight excluding hydrogens is 428 g/mol. The van der Waals surface area contributed by atoms with Crippen LogP contribution in [0.2, 0.25) is 0 Å². The van der Waals surface area contributed by atoms with Gasteiger partial charge >= 0.3 is 5.97 Å². The SMILES string of the molecule is COc1ccc(/C=C2/SC(=S)N(CC(=O)Nc3ccc(O)c(C(=O)O)c3)C2=O)cc1. The number of carbonyl (C=O) groups excluding carboxylic acids is 2. The topological polar surface area (TPSA) is 116 Å². The number of hydrogen-bond donors (Lipinski definition) is 3. The van der Waals surface area contributed by atoms with Crippen LogP contribution in [-0.2, 0) is 9.59 Å². The molecule has 1 heterocycles. The van der Waals surface area contributed by atoms with Gasteiger partial charge in [-0.25, -0.2) is 4.79 Å². The fourth-order valence-corrected chi connectivity index (χ4v) is 3.87. The highest BCUT2D eigenvalue weighted by Gasteiger charge is 2.33. The van der Waals surface area contributed by atoms with Crippen LogP contribution in [0.4, 0.5) is 5.69 Å². The largest absolute Gasteiger partial charge is 0.507 e. The number of carbonyl (C=O) groups is 3. The van der Waals surface area contributed by atoms with Crippen LogP contribution in [-0.4, -0.2) is 50.9 Å². The molecular formula is C20H16N2O6S2. The molecule has 0 bridgehead atoms. The number of aromatic hydroxyl groups is 1. The number of methoxy groups -OCH3 is 1. The molecule has 1 fully saturated rings. The van der Waals surface area contributed by atoms with Gasteiger partial charge in [-0.1, -0.05) is 36.1 Å². The van der Waals surface area contributed by atoms with Gasteiger partial charge in [0.05, 0.1) is 12.0 Å². The summed E-state index contributed by atoms with van der Waals surface area (Å²) in [5.74, 6) is -2.01. The summed E-state index contributed by atoms with van der Waals surface area (Å²) in [5.41, 5.74) is 0.612. The number of amides is 2. The van der Waals surface area contributed by atoms with Crippen LogP contribution in [0.5, 0.6) is 11.5 Å². The Morgan fingerprint density at radius 3 is 2.57 bits per heavy atom. The van der Waals surface area contributed by atoms with E-state index in [0.717, 1.165) is 29.5 Å². The molecule has 2 amide bonds. The van der Waals surface area contributed by atoms with E-state index in [1.165, 1.54) is 11.0 Å². The summed E-state index contributed by atoms with van der Waals surface area (Å²) >= 11 is 6.31. The van der Waals surface area contributed by atoms with E-state index in [9.17, 15) is 19.5 Å². The van der Waals surface area contributed by atoms with Gasteiger partial charge in [0.2, 0.25) is 5.91 Å². The average Bonchev–Trinajstić information content (AvgIpc) is 2.97. The Hall–Kier alpha value is -3.37. The maximum Gasteiger partial charge on any atom is 0.339 e. The zero-order chi connectivity index (χ0) is 21.8. The van der Waals surface area contributed by atoms with Crippen LogP contribution in [0.25, 0.3) is 6.08 Å². The Morgan fingerprint density at radius 2 is 1.93 bits per heavy atom. The number of phenols is 1. The lowest BCUT2D eigenvalue weighted by Crippen LogP contribution is -2.36. The van der Waals surface area contributed by atoms with Crippen molar-refractivity contribution in [2.45, 2.75) is 0 Å². The van der Waals surface area contributed by atoms with Crippen molar-refractivity contribution in [2.24, 2.45) is 0 Å². The summed E-state index contributed by atoms with van der Waals surface area (Å²) < 4.78 is 5.34. The summed E-state index contributed by atoms with van der Waals surface area (Å²) in [7, 11) is 1.56. The summed E-state index contributed by atoms with van der Waals surface area (Å²) in [5, 5.41) is 21.1. The molecule has 0 spiro atoms. The van der Waals surface area contributed by atoms with Crippen molar-refractivity contribution in [3.05, 3.63) is 58.5 Å². The molecule has 3 N–H and O–H groups in total. The lowest BCUT2D eigenvalue weighted by molar-refractivity contribution is -0.126. The molecule has 0 radical (unpaired) electrons. The number of carboxylic acids is 1. The summed E-state index contributed by atoms with van der Waals surface area (Å²) in [4.78, 5) is 37.6. The predicted octanol–water partition coefficient (Wildman–Crippen LogP) is 2.94. The molecule has 2 aromatic rings. The molecule has 0 saturated carbocycles. The Bertz CT molecular complexity index is 1070. The Labute approximate surface area is 181 Å². The van der Waals surface area contributed by atoms with Gasteiger partial charge < -0.3 is 20.3 Å². The van der Waals surface area contributed by atoms with Crippen LogP contribution in [0, 0.1) is 0 Å². The first-order valence-corrected chi connectivity index (χ1v) is 9.76. The van der Waals surface area contributed by atoms with Gasteiger partial charge in [-0.3, -0.25) is 14.5 Å². The minimum atomic E-state index is -1.33. The number of rotatable bonds is 6. The Kier molecular flexibility index (Phi) is 6.38.